The number of benzene rings is 1. The number of hydrogen-bond acceptors (Lipinski definition) is 4. The number of hydrogen-bond donors (Lipinski definition) is 1. The maximum Gasteiger partial charge on any atom is 0.310 e. The molecule has 116 valence electrons. The predicted molar refractivity (Wildman–Crippen MR) is 81.6 cm³/mol. The summed E-state index contributed by atoms with van der Waals surface area (Å²) in [6.07, 6.45) is 1.77. The van der Waals surface area contributed by atoms with Crippen LogP contribution in [0.2, 0.25) is 0 Å². The van der Waals surface area contributed by atoms with Crippen LogP contribution in [0.5, 0.6) is 0 Å². The molecule has 1 N–H and O–H groups in total. The van der Waals surface area contributed by atoms with Gasteiger partial charge >= 0.3 is 5.97 Å². The summed E-state index contributed by atoms with van der Waals surface area (Å²) in [4.78, 5) is 11.7. The van der Waals surface area contributed by atoms with E-state index in [9.17, 15) is 13.2 Å². The van der Waals surface area contributed by atoms with Crippen molar-refractivity contribution in [2.45, 2.75) is 38.4 Å². The molecule has 0 aliphatic heterocycles. The quantitative estimate of drug-likeness (QED) is 0.867. The molecule has 0 amide bonds. The minimum atomic E-state index is -3.60. The number of aryl methyl sites for hydroxylation is 2. The number of methoxy groups -OCH3 is 1. The van der Waals surface area contributed by atoms with Gasteiger partial charge in [-0.25, -0.2) is 8.42 Å². The maximum absolute atomic E-state index is 12.5. The smallest absolute Gasteiger partial charge is 0.310 e. The van der Waals surface area contributed by atoms with Crippen LogP contribution in [0.3, 0.4) is 0 Å². The second-order valence-electron chi connectivity index (χ2n) is 5.62. The summed E-state index contributed by atoms with van der Waals surface area (Å²) in [5, 5.41) is -0.717. The molecule has 21 heavy (non-hydrogen) atoms. The molecule has 0 heterocycles. The zero-order valence-electron chi connectivity index (χ0n) is 12.5. The van der Waals surface area contributed by atoms with Crippen LogP contribution >= 0.6 is 0 Å². The third-order valence-electron chi connectivity index (χ3n) is 3.84. The first-order valence-corrected chi connectivity index (χ1v) is 8.56. The van der Waals surface area contributed by atoms with Gasteiger partial charge in [-0.05, 0) is 49.9 Å². The molecule has 0 bridgehead atoms. The fourth-order valence-corrected chi connectivity index (χ4v) is 4.75. The number of carbonyl (C=O) groups is 1. The number of carbonyl (C=O) groups excluding carboxylic acids is 1. The van der Waals surface area contributed by atoms with Gasteiger partial charge in [0.2, 0.25) is 10.0 Å². The Kier molecular flexibility index (Phi) is 4.56. The monoisotopic (exact) mass is 311 g/mol. The highest BCUT2D eigenvalue weighted by atomic mass is 32.2. The molecule has 0 spiro atoms. The summed E-state index contributed by atoms with van der Waals surface area (Å²) in [5.74, 6) is -1.01. The first-order valence-electron chi connectivity index (χ1n) is 7.01. The van der Waals surface area contributed by atoms with Gasteiger partial charge in [-0.1, -0.05) is 12.5 Å². The lowest BCUT2D eigenvalue weighted by molar-refractivity contribution is -0.145. The van der Waals surface area contributed by atoms with Gasteiger partial charge in [0.05, 0.1) is 18.3 Å². The van der Waals surface area contributed by atoms with E-state index >= 15 is 0 Å². The van der Waals surface area contributed by atoms with E-state index in [2.05, 4.69) is 4.72 Å². The average Bonchev–Trinajstić information content (AvgIpc) is 2.85. The summed E-state index contributed by atoms with van der Waals surface area (Å²) in [6, 6.07) is 5.55. The van der Waals surface area contributed by atoms with Gasteiger partial charge in [-0.2, -0.15) is 0 Å². The van der Waals surface area contributed by atoms with E-state index in [1.807, 2.05) is 19.9 Å². The number of esters is 1. The van der Waals surface area contributed by atoms with E-state index < -0.39 is 27.2 Å². The number of sulfonamides is 1. The van der Waals surface area contributed by atoms with E-state index in [0.717, 1.165) is 17.5 Å². The molecule has 0 saturated heterocycles. The van der Waals surface area contributed by atoms with Crippen LogP contribution in [0, 0.1) is 19.8 Å². The largest absolute Gasteiger partial charge is 0.469 e. The average molecular weight is 311 g/mol. The van der Waals surface area contributed by atoms with Gasteiger partial charge in [0, 0.05) is 5.69 Å². The van der Waals surface area contributed by atoms with E-state index in [1.165, 1.54) is 7.11 Å². The van der Waals surface area contributed by atoms with Gasteiger partial charge in [0.25, 0.3) is 0 Å². The van der Waals surface area contributed by atoms with Crippen LogP contribution in [-0.4, -0.2) is 26.7 Å². The second-order valence-corrected chi connectivity index (χ2v) is 7.52. The van der Waals surface area contributed by atoms with E-state index in [1.54, 1.807) is 12.1 Å². The molecule has 2 rings (SSSR count). The normalized spacial score (nSPS) is 22.0. The fourth-order valence-electron chi connectivity index (χ4n) is 2.99. The standard InChI is InChI=1S/C15H21NO4S/c1-10-7-11(2)9-12(8-10)16-21(18,19)14-6-4-5-13(14)15(17)20-3/h7-9,13-14,16H,4-6H2,1-3H3. The Balaban J connectivity index is 2.23. The molecule has 1 saturated carbocycles. The Labute approximate surface area is 125 Å². The van der Waals surface area contributed by atoms with Gasteiger partial charge < -0.3 is 4.74 Å². The minimum absolute atomic E-state index is 0.441. The molecule has 1 aromatic carbocycles. The summed E-state index contributed by atoms with van der Waals surface area (Å²) in [5.41, 5.74) is 2.52. The van der Waals surface area contributed by atoms with Crippen LogP contribution in [0.1, 0.15) is 30.4 Å². The maximum atomic E-state index is 12.5. The van der Waals surface area contributed by atoms with E-state index in [-0.39, 0.29) is 0 Å². The number of nitrogens with one attached hydrogen (secondary N) is 1. The summed E-state index contributed by atoms with van der Waals surface area (Å²) in [7, 11) is -2.31. The van der Waals surface area contributed by atoms with Crippen LogP contribution in [0.4, 0.5) is 5.69 Å². The molecular weight excluding hydrogens is 290 g/mol. The molecule has 1 aliphatic carbocycles. The SMILES string of the molecule is COC(=O)C1CCCC1S(=O)(=O)Nc1cc(C)cc(C)c1. The highest BCUT2D eigenvalue weighted by Gasteiger charge is 2.42. The van der Waals surface area contributed by atoms with Crippen molar-refractivity contribution < 1.29 is 17.9 Å². The van der Waals surface area contributed by atoms with Crippen LogP contribution in [0.15, 0.2) is 18.2 Å². The third kappa shape index (κ3) is 3.56. The first-order chi connectivity index (χ1) is 9.83. The molecule has 2 atom stereocenters. The molecule has 1 aliphatic rings. The lowest BCUT2D eigenvalue weighted by Gasteiger charge is -2.19. The van der Waals surface area contributed by atoms with Crippen molar-refractivity contribution in [3.8, 4) is 0 Å². The second kappa shape index (κ2) is 6.05. The molecule has 1 fully saturated rings. The van der Waals surface area contributed by atoms with Gasteiger partial charge in [-0.3, -0.25) is 9.52 Å². The predicted octanol–water partition coefficient (Wildman–Crippen LogP) is 2.39. The van der Waals surface area contributed by atoms with E-state index in [0.29, 0.717) is 18.5 Å². The lowest BCUT2D eigenvalue weighted by atomic mass is 10.1. The summed E-state index contributed by atoms with van der Waals surface area (Å²) < 4.78 is 32.4. The minimum Gasteiger partial charge on any atom is -0.469 e. The van der Waals surface area contributed by atoms with Crippen molar-refractivity contribution in [3.63, 3.8) is 0 Å². The van der Waals surface area contributed by atoms with Crippen molar-refractivity contribution in [1.82, 2.24) is 0 Å². The molecule has 6 heteroatoms. The van der Waals surface area contributed by atoms with Gasteiger partial charge in [0.1, 0.15) is 0 Å². The Morgan fingerprint density at radius 1 is 1.19 bits per heavy atom. The van der Waals surface area contributed by atoms with Crippen molar-refractivity contribution in [2.24, 2.45) is 5.92 Å². The summed E-state index contributed by atoms with van der Waals surface area (Å²) >= 11 is 0. The van der Waals surface area contributed by atoms with Crippen molar-refractivity contribution in [3.05, 3.63) is 29.3 Å². The van der Waals surface area contributed by atoms with Crippen molar-refractivity contribution >= 4 is 21.7 Å². The zero-order chi connectivity index (χ0) is 15.6. The fraction of sp³-hybridized carbons (Fsp3) is 0.533. The Morgan fingerprint density at radius 2 is 1.81 bits per heavy atom. The molecular formula is C15H21NO4S. The van der Waals surface area contributed by atoms with E-state index in [4.69, 9.17) is 4.74 Å². The molecule has 2 unspecified atom stereocenters. The Bertz CT molecular complexity index is 619. The third-order valence-corrected chi connectivity index (χ3v) is 5.72. The highest BCUT2D eigenvalue weighted by Crippen LogP contribution is 2.33. The molecule has 1 aromatic rings. The topological polar surface area (TPSA) is 72.5 Å². The molecule has 0 radical (unpaired) electrons. The number of anilines is 1. The van der Waals surface area contributed by atoms with Crippen molar-refractivity contribution in [2.75, 3.05) is 11.8 Å². The Morgan fingerprint density at radius 3 is 2.38 bits per heavy atom. The first kappa shape index (κ1) is 15.8. The summed E-state index contributed by atoms with van der Waals surface area (Å²) in [6.45, 7) is 3.83. The van der Waals surface area contributed by atoms with Gasteiger partial charge in [-0.15, -0.1) is 0 Å². The van der Waals surface area contributed by atoms with Crippen LogP contribution in [0.25, 0.3) is 0 Å². The van der Waals surface area contributed by atoms with Crippen LogP contribution < -0.4 is 4.72 Å². The van der Waals surface area contributed by atoms with Crippen molar-refractivity contribution in [1.29, 1.82) is 0 Å². The highest BCUT2D eigenvalue weighted by molar-refractivity contribution is 7.93. The molecule has 5 nitrogen and oxygen atoms in total. The number of rotatable bonds is 4. The zero-order valence-corrected chi connectivity index (χ0v) is 13.4. The van der Waals surface area contributed by atoms with Gasteiger partial charge in [0.15, 0.2) is 0 Å². The Hall–Kier alpha value is -1.56. The lowest BCUT2D eigenvalue weighted by Crippen LogP contribution is -2.35. The number of ether oxygens (including phenoxy) is 1. The van der Waals surface area contributed by atoms with Crippen LogP contribution in [-0.2, 0) is 19.6 Å². The molecule has 0 aromatic heterocycles.